The first-order valence-electron chi connectivity index (χ1n) is 11.8. The summed E-state index contributed by atoms with van der Waals surface area (Å²) >= 11 is 0. The Morgan fingerprint density at radius 3 is 2.57 bits per heavy atom. The average molecular weight is 509 g/mol. The number of nitrogens with zero attached hydrogens (tertiary/aromatic N) is 1. The Labute approximate surface area is 213 Å². The van der Waals surface area contributed by atoms with Crippen LogP contribution >= 0.6 is 0 Å². The van der Waals surface area contributed by atoms with E-state index in [4.69, 9.17) is 19.3 Å². The standard InChI is InChI=1S/C28H29FN2O6/c1-28(34,12-11-21(33)17-7-8-22(37-14-13-32)24(15-17)36-3)25-10-9-23(35-2)27(31-25)19-16-30-26-18(19)5-4-6-20(26)29/h4-10,15-16,30,32,34H,11-14H2,1-3H3. The quantitative estimate of drug-likeness (QED) is 0.253. The summed E-state index contributed by atoms with van der Waals surface area (Å²) in [5.74, 6) is 0.702. The summed E-state index contributed by atoms with van der Waals surface area (Å²) in [7, 11) is 2.98. The van der Waals surface area contributed by atoms with Crippen LogP contribution in [0.4, 0.5) is 4.39 Å². The van der Waals surface area contributed by atoms with Crippen molar-refractivity contribution in [3.8, 4) is 28.5 Å². The number of aromatic amines is 1. The molecule has 1 unspecified atom stereocenters. The predicted octanol–water partition coefficient (Wildman–Crippen LogP) is 4.63. The fraction of sp³-hybridized carbons (Fsp3) is 0.286. The van der Waals surface area contributed by atoms with Crippen LogP contribution in [0.3, 0.4) is 0 Å². The van der Waals surface area contributed by atoms with E-state index in [1.165, 1.54) is 20.3 Å². The predicted molar refractivity (Wildman–Crippen MR) is 137 cm³/mol. The zero-order chi connectivity index (χ0) is 26.6. The number of Topliss-reactive ketones (excluding diaryl/α,β-unsaturated/α-hetero) is 1. The molecule has 0 aliphatic rings. The number of benzene rings is 2. The Balaban J connectivity index is 1.57. The van der Waals surface area contributed by atoms with Gasteiger partial charge in [0.1, 0.15) is 29.5 Å². The van der Waals surface area contributed by atoms with Gasteiger partial charge in [-0.25, -0.2) is 9.37 Å². The second-order valence-electron chi connectivity index (χ2n) is 8.75. The van der Waals surface area contributed by atoms with Crippen LogP contribution in [0, 0.1) is 5.82 Å². The third-order valence-corrected chi connectivity index (χ3v) is 6.22. The van der Waals surface area contributed by atoms with Gasteiger partial charge in [0.05, 0.1) is 32.0 Å². The number of carbonyl (C=O) groups is 1. The van der Waals surface area contributed by atoms with Crippen LogP contribution in [0.5, 0.6) is 17.2 Å². The van der Waals surface area contributed by atoms with Crippen molar-refractivity contribution in [2.75, 3.05) is 27.4 Å². The first-order valence-corrected chi connectivity index (χ1v) is 11.8. The van der Waals surface area contributed by atoms with Gasteiger partial charge in [0.15, 0.2) is 17.3 Å². The number of methoxy groups -OCH3 is 2. The number of aliphatic hydroxyl groups excluding tert-OH is 1. The van der Waals surface area contributed by atoms with E-state index in [-0.39, 0.29) is 37.7 Å². The molecule has 2 aromatic carbocycles. The number of aliphatic hydroxyl groups is 2. The minimum absolute atomic E-state index is 0.0499. The van der Waals surface area contributed by atoms with Crippen LogP contribution in [0.15, 0.2) is 54.7 Å². The molecule has 0 fully saturated rings. The van der Waals surface area contributed by atoms with Crippen LogP contribution in [0.2, 0.25) is 0 Å². The molecule has 3 N–H and O–H groups in total. The van der Waals surface area contributed by atoms with Crippen LogP contribution < -0.4 is 14.2 Å². The second kappa shape index (κ2) is 11.0. The number of para-hydroxylation sites is 1. The number of hydrogen-bond acceptors (Lipinski definition) is 7. The molecule has 0 radical (unpaired) electrons. The Hall–Kier alpha value is -3.95. The second-order valence-corrected chi connectivity index (χ2v) is 8.75. The molecule has 4 rings (SSSR count). The van der Waals surface area contributed by atoms with Crippen molar-refractivity contribution in [3.63, 3.8) is 0 Å². The third-order valence-electron chi connectivity index (χ3n) is 6.22. The Morgan fingerprint density at radius 2 is 1.84 bits per heavy atom. The lowest BCUT2D eigenvalue weighted by molar-refractivity contribution is 0.0397. The van der Waals surface area contributed by atoms with Gasteiger partial charge in [-0.15, -0.1) is 0 Å². The van der Waals surface area contributed by atoms with Crippen molar-refractivity contribution in [3.05, 3.63) is 71.8 Å². The number of ether oxygens (including phenoxy) is 3. The minimum Gasteiger partial charge on any atom is -0.494 e. The van der Waals surface area contributed by atoms with Gasteiger partial charge in [0.2, 0.25) is 0 Å². The molecule has 1 atom stereocenters. The van der Waals surface area contributed by atoms with Crippen LogP contribution in [0.25, 0.3) is 22.2 Å². The van der Waals surface area contributed by atoms with E-state index in [0.29, 0.717) is 50.7 Å². The summed E-state index contributed by atoms with van der Waals surface area (Å²) in [6, 6.07) is 12.9. The van der Waals surface area contributed by atoms with Crippen molar-refractivity contribution >= 4 is 16.7 Å². The Kier molecular flexibility index (Phi) is 7.75. The molecule has 0 saturated heterocycles. The number of ketones is 1. The van der Waals surface area contributed by atoms with Gasteiger partial charge in [-0.05, 0) is 49.7 Å². The number of carbonyl (C=O) groups excluding carboxylic acids is 1. The van der Waals surface area contributed by atoms with E-state index >= 15 is 0 Å². The zero-order valence-corrected chi connectivity index (χ0v) is 20.9. The summed E-state index contributed by atoms with van der Waals surface area (Å²) in [6.45, 7) is 1.56. The molecule has 194 valence electrons. The zero-order valence-electron chi connectivity index (χ0n) is 20.9. The molecule has 0 amide bonds. The highest BCUT2D eigenvalue weighted by molar-refractivity contribution is 5.97. The number of H-pyrrole nitrogens is 1. The number of hydrogen-bond donors (Lipinski definition) is 3. The number of pyridine rings is 1. The molecule has 0 spiro atoms. The molecule has 0 aliphatic carbocycles. The number of nitrogens with one attached hydrogen (secondary N) is 1. The smallest absolute Gasteiger partial charge is 0.163 e. The highest BCUT2D eigenvalue weighted by atomic mass is 19.1. The number of aromatic nitrogens is 2. The van der Waals surface area contributed by atoms with Gasteiger partial charge < -0.3 is 29.4 Å². The van der Waals surface area contributed by atoms with E-state index < -0.39 is 5.60 Å². The summed E-state index contributed by atoms with van der Waals surface area (Å²) in [4.78, 5) is 20.5. The van der Waals surface area contributed by atoms with Crippen LogP contribution in [0.1, 0.15) is 35.8 Å². The maximum atomic E-state index is 14.2. The molecule has 8 nitrogen and oxygen atoms in total. The van der Waals surface area contributed by atoms with E-state index in [1.54, 1.807) is 55.6 Å². The Bertz CT molecular complexity index is 1420. The van der Waals surface area contributed by atoms with Gasteiger partial charge in [-0.3, -0.25) is 4.79 Å². The molecule has 9 heteroatoms. The SMILES string of the molecule is COc1cc(C(=O)CCC(C)(O)c2ccc(OC)c(-c3c[nH]c4c(F)cccc34)n2)ccc1OCCO. The summed E-state index contributed by atoms with van der Waals surface area (Å²) < 4.78 is 30.4. The number of rotatable bonds is 11. The summed E-state index contributed by atoms with van der Waals surface area (Å²) in [6.07, 6.45) is 1.81. The van der Waals surface area contributed by atoms with Crippen molar-refractivity contribution in [1.82, 2.24) is 9.97 Å². The fourth-order valence-electron chi connectivity index (χ4n) is 4.16. The maximum Gasteiger partial charge on any atom is 0.163 e. The van der Waals surface area contributed by atoms with Crippen LogP contribution in [-0.2, 0) is 5.60 Å². The fourth-order valence-corrected chi connectivity index (χ4v) is 4.16. The van der Waals surface area contributed by atoms with Crippen LogP contribution in [-0.4, -0.2) is 53.4 Å². The summed E-state index contributed by atoms with van der Waals surface area (Å²) in [5.41, 5.74) is 0.775. The molecule has 2 heterocycles. The summed E-state index contributed by atoms with van der Waals surface area (Å²) in [5, 5.41) is 20.9. The topological polar surface area (TPSA) is 114 Å². The lowest BCUT2D eigenvalue weighted by Crippen LogP contribution is -2.24. The van der Waals surface area contributed by atoms with Crippen molar-refractivity contribution in [1.29, 1.82) is 0 Å². The first kappa shape index (κ1) is 26.1. The Morgan fingerprint density at radius 1 is 1.08 bits per heavy atom. The lowest BCUT2D eigenvalue weighted by Gasteiger charge is -2.23. The van der Waals surface area contributed by atoms with E-state index in [0.717, 1.165) is 0 Å². The number of fused-ring (bicyclic) bond motifs is 1. The maximum absolute atomic E-state index is 14.2. The lowest BCUT2D eigenvalue weighted by atomic mass is 9.92. The van der Waals surface area contributed by atoms with Gasteiger partial charge >= 0.3 is 0 Å². The normalized spacial score (nSPS) is 12.8. The molecular weight excluding hydrogens is 479 g/mol. The molecule has 37 heavy (non-hydrogen) atoms. The molecule has 0 aliphatic heterocycles. The van der Waals surface area contributed by atoms with E-state index in [9.17, 15) is 14.3 Å². The highest BCUT2D eigenvalue weighted by Crippen LogP contribution is 2.37. The van der Waals surface area contributed by atoms with Gasteiger partial charge in [0.25, 0.3) is 0 Å². The minimum atomic E-state index is -1.43. The largest absolute Gasteiger partial charge is 0.494 e. The van der Waals surface area contributed by atoms with Gasteiger partial charge in [-0.2, -0.15) is 0 Å². The first-order chi connectivity index (χ1) is 17.8. The van der Waals surface area contributed by atoms with Gasteiger partial charge in [0, 0.05) is 29.1 Å². The molecule has 4 aromatic rings. The van der Waals surface area contributed by atoms with Crippen molar-refractivity contribution in [2.45, 2.75) is 25.4 Å². The van der Waals surface area contributed by atoms with Crippen molar-refractivity contribution in [2.24, 2.45) is 0 Å². The van der Waals surface area contributed by atoms with Crippen molar-refractivity contribution < 1.29 is 33.6 Å². The molecule has 0 saturated carbocycles. The highest BCUT2D eigenvalue weighted by Gasteiger charge is 2.28. The van der Waals surface area contributed by atoms with E-state index in [2.05, 4.69) is 9.97 Å². The monoisotopic (exact) mass is 508 g/mol. The third kappa shape index (κ3) is 5.42. The molecule has 2 aromatic heterocycles. The molecule has 0 bridgehead atoms. The number of halogens is 1. The van der Waals surface area contributed by atoms with Gasteiger partial charge in [-0.1, -0.05) is 12.1 Å². The average Bonchev–Trinajstić information content (AvgIpc) is 3.35. The van der Waals surface area contributed by atoms with E-state index in [1.807, 2.05) is 0 Å². The molecular formula is C28H29FN2O6.